The number of piperidine rings is 1. The maximum Gasteiger partial charge on any atom is 0.225 e. The molecule has 0 aliphatic carbocycles. The number of nitrogens with one attached hydrogen (secondary N) is 2. The first kappa shape index (κ1) is 21.3. The average Bonchev–Trinajstić information content (AvgIpc) is 3.00. The van der Waals surface area contributed by atoms with Gasteiger partial charge in [-0.05, 0) is 46.0 Å². The van der Waals surface area contributed by atoms with Crippen molar-refractivity contribution in [2.75, 3.05) is 26.7 Å². The van der Waals surface area contributed by atoms with Gasteiger partial charge in [-0.1, -0.05) is 19.0 Å². The van der Waals surface area contributed by atoms with Crippen LogP contribution in [0.4, 0.5) is 0 Å². The number of likely N-dealkylation sites (tertiary alicyclic amines) is 1. The van der Waals surface area contributed by atoms with Crippen molar-refractivity contribution in [3.05, 3.63) is 17.0 Å². The van der Waals surface area contributed by atoms with Crippen molar-refractivity contribution in [1.82, 2.24) is 20.7 Å². The average molecular weight is 378 g/mol. The second-order valence-corrected chi connectivity index (χ2v) is 7.31. The van der Waals surface area contributed by atoms with E-state index in [0.717, 1.165) is 74.7 Å². The molecule has 1 aliphatic rings. The number of rotatable bonds is 7. The van der Waals surface area contributed by atoms with E-state index in [0.29, 0.717) is 11.9 Å². The van der Waals surface area contributed by atoms with E-state index in [1.165, 1.54) is 0 Å². The fourth-order valence-corrected chi connectivity index (χ4v) is 3.69. The van der Waals surface area contributed by atoms with E-state index in [9.17, 15) is 4.79 Å². The molecule has 2 heterocycles. The number of aryl methyl sites for hydroxylation is 2. The van der Waals surface area contributed by atoms with Crippen LogP contribution in [0.3, 0.4) is 0 Å². The molecular formula is C20H35N5O2. The molecule has 0 bridgehead atoms. The van der Waals surface area contributed by atoms with Crippen LogP contribution in [0, 0.1) is 19.8 Å². The topological polar surface area (TPSA) is 82.8 Å². The summed E-state index contributed by atoms with van der Waals surface area (Å²) in [6.45, 7) is 10.5. The minimum absolute atomic E-state index is 0.174. The normalized spacial score (nSPS) is 16.1. The summed E-state index contributed by atoms with van der Waals surface area (Å²) in [5, 5.41) is 10.9. The highest BCUT2D eigenvalue weighted by Gasteiger charge is 2.26. The van der Waals surface area contributed by atoms with Crippen LogP contribution in [0.15, 0.2) is 9.52 Å². The highest BCUT2D eigenvalue weighted by molar-refractivity contribution is 5.80. The van der Waals surface area contributed by atoms with Crippen molar-refractivity contribution in [2.24, 2.45) is 10.9 Å². The van der Waals surface area contributed by atoms with E-state index >= 15 is 0 Å². The SMILES string of the molecule is CCC(CC)C(=O)N1CCC(NC(=NC)NCCc2c(C)noc2C)CC1. The molecule has 0 radical (unpaired) electrons. The summed E-state index contributed by atoms with van der Waals surface area (Å²) in [6.07, 6.45) is 4.61. The number of amides is 1. The summed E-state index contributed by atoms with van der Waals surface area (Å²) < 4.78 is 5.21. The first-order chi connectivity index (χ1) is 13.0. The minimum Gasteiger partial charge on any atom is -0.361 e. The maximum atomic E-state index is 12.5. The van der Waals surface area contributed by atoms with Gasteiger partial charge in [-0.15, -0.1) is 0 Å². The lowest BCUT2D eigenvalue weighted by Crippen LogP contribution is -2.50. The fraction of sp³-hybridized carbons (Fsp3) is 0.750. The Labute approximate surface area is 163 Å². The standard InChI is InChI=1S/C20H35N5O2/c1-6-16(7-2)19(26)25-12-9-17(10-13-25)23-20(21-5)22-11-8-18-14(3)24-27-15(18)4/h16-17H,6-13H2,1-5H3,(H2,21,22,23). The molecule has 0 unspecified atom stereocenters. The predicted octanol–water partition coefficient (Wildman–Crippen LogP) is 2.43. The largest absolute Gasteiger partial charge is 0.361 e. The molecule has 1 aromatic heterocycles. The first-order valence-electron chi connectivity index (χ1n) is 10.2. The lowest BCUT2D eigenvalue weighted by atomic mass is 9.98. The Kier molecular flexibility index (Phi) is 8.13. The third-order valence-electron chi connectivity index (χ3n) is 5.55. The summed E-state index contributed by atoms with van der Waals surface area (Å²) in [4.78, 5) is 18.9. The van der Waals surface area contributed by atoms with E-state index in [2.05, 4.69) is 34.6 Å². The summed E-state index contributed by atoms with van der Waals surface area (Å²) in [5.74, 6) is 2.19. The quantitative estimate of drug-likeness (QED) is 0.563. The molecule has 1 saturated heterocycles. The Morgan fingerprint density at radius 1 is 1.30 bits per heavy atom. The minimum atomic E-state index is 0.174. The molecule has 2 N–H and O–H groups in total. The van der Waals surface area contributed by atoms with Gasteiger partial charge in [0, 0.05) is 44.2 Å². The maximum absolute atomic E-state index is 12.5. The number of aliphatic imine (C=N–C) groups is 1. The van der Waals surface area contributed by atoms with Crippen molar-refractivity contribution in [3.8, 4) is 0 Å². The van der Waals surface area contributed by atoms with E-state index in [1.54, 1.807) is 7.05 Å². The van der Waals surface area contributed by atoms with Crippen molar-refractivity contribution < 1.29 is 9.32 Å². The van der Waals surface area contributed by atoms with Crippen LogP contribution in [0.25, 0.3) is 0 Å². The highest BCUT2D eigenvalue weighted by Crippen LogP contribution is 2.17. The summed E-state index contributed by atoms with van der Waals surface area (Å²) >= 11 is 0. The molecule has 1 amide bonds. The summed E-state index contributed by atoms with van der Waals surface area (Å²) in [7, 11) is 1.79. The Hall–Kier alpha value is -2.05. The van der Waals surface area contributed by atoms with Gasteiger partial charge in [0.15, 0.2) is 5.96 Å². The number of nitrogens with zero attached hydrogens (tertiary/aromatic N) is 3. The van der Waals surface area contributed by atoms with Gasteiger partial charge in [-0.25, -0.2) is 0 Å². The number of hydrogen-bond acceptors (Lipinski definition) is 4. The van der Waals surface area contributed by atoms with Crippen LogP contribution in [0.1, 0.15) is 56.5 Å². The molecular weight excluding hydrogens is 342 g/mol. The van der Waals surface area contributed by atoms with Crippen molar-refractivity contribution >= 4 is 11.9 Å². The molecule has 2 rings (SSSR count). The fourth-order valence-electron chi connectivity index (χ4n) is 3.69. The smallest absolute Gasteiger partial charge is 0.225 e. The summed E-state index contributed by atoms with van der Waals surface area (Å²) in [6, 6.07) is 0.348. The molecule has 152 valence electrons. The third kappa shape index (κ3) is 5.71. The first-order valence-corrected chi connectivity index (χ1v) is 10.2. The molecule has 0 spiro atoms. The monoisotopic (exact) mass is 377 g/mol. The molecule has 1 fully saturated rings. The van der Waals surface area contributed by atoms with Gasteiger partial charge in [0.25, 0.3) is 0 Å². The Morgan fingerprint density at radius 2 is 1.96 bits per heavy atom. The second-order valence-electron chi connectivity index (χ2n) is 7.31. The number of carbonyl (C=O) groups is 1. The van der Waals surface area contributed by atoms with Gasteiger partial charge in [-0.3, -0.25) is 9.79 Å². The van der Waals surface area contributed by atoms with Crippen LogP contribution in [-0.4, -0.2) is 54.6 Å². The Balaban J connectivity index is 1.75. The van der Waals surface area contributed by atoms with E-state index < -0.39 is 0 Å². The zero-order valence-electron chi connectivity index (χ0n) is 17.5. The Morgan fingerprint density at radius 3 is 2.48 bits per heavy atom. The Bertz CT molecular complexity index is 609. The van der Waals surface area contributed by atoms with Crippen LogP contribution < -0.4 is 10.6 Å². The second kappa shape index (κ2) is 10.3. The number of aromatic nitrogens is 1. The van der Waals surface area contributed by atoms with Gasteiger partial charge in [0.2, 0.25) is 5.91 Å². The van der Waals surface area contributed by atoms with Crippen LogP contribution in [0.5, 0.6) is 0 Å². The van der Waals surface area contributed by atoms with E-state index in [-0.39, 0.29) is 5.92 Å². The zero-order valence-corrected chi connectivity index (χ0v) is 17.5. The molecule has 0 atom stereocenters. The molecule has 1 aliphatic heterocycles. The molecule has 1 aromatic rings. The van der Waals surface area contributed by atoms with Crippen LogP contribution in [-0.2, 0) is 11.2 Å². The van der Waals surface area contributed by atoms with Crippen molar-refractivity contribution in [2.45, 2.75) is 65.8 Å². The van der Waals surface area contributed by atoms with E-state index in [1.807, 2.05) is 18.7 Å². The van der Waals surface area contributed by atoms with Gasteiger partial charge in [0.05, 0.1) is 5.69 Å². The number of carbonyl (C=O) groups excluding carboxylic acids is 1. The van der Waals surface area contributed by atoms with E-state index in [4.69, 9.17) is 4.52 Å². The molecule has 7 heteroatoms. The molecule has 7 nitrogen and oxygen atoms in total. The summed E-state index contributed by atoms with van der Waals surface area (Å²) in [5.41, 5.74) is 2.11. The molecule has 0 saturated carbocycles. The van der Waals surface area contributed by atoms with Crippen molar-refractivity contribution in [3.63, 3.8) is 0 Å². The predicted molar refractivity (Wildman–Crippen MR) is 108 cm³/mol. The van der Waals surface area contributed by atoms with Gasteiger partial charge in [0.1, 0.15) is 5.76 Å². The van der Waals surface area contributed by atoms with Crippen LogP contribution >= 0.6 is 0 Å². The van der Waals surface area contributed by atoms with Crippen molar-refractivity contribution in [1.29, 1.82) is 0 Å². The van der Waals surface area contributed by atoms with Gasteiger partial charge >= 0.3 is 0 Å². The van der Waals surface area contributed by atoms with Crippen LogP contribution in [0.2, 0.25) is 0 Å². The van der Waals surface area contributed by atoms with Gasteiger partial charge < -0.3 is 20.1 Å². The highest BCUT2D eigenvalue weighted by atomic mass is 16.5. The molecule has 0 aromatic carbocycles. The third-order valence-corrected chi connectivity index (χ3v) is 5.55. The lowest BCUT2D eigenvalue weighted by molar-refractivity contribution is -0.136. The number of hydrogen-bond donors (Lipinski definition) is 2. The van der Waals surface area contributed by atoms with Gasteiger partial charge in [-0.2, -0.15) is 0 Å². The zero-order chi connectivity index (χ0) is 19.8. The lowest BCUT2D eigenvalue weighted by Gasteiger charge is -2.34. The molecule has 27 heavy (non-hydrogen) atoms. The number of guanidine groups is 1.